The zero-order valence-corrected chi connectivity index (χ0v) is 8.30. The van der Waals surface area contributed by atoms with Gasteiger partial charge in [-0.2, -0.15) is 0 Å². The summed E-state index contributed by atoms with van der Waals surface area (Å²) in [5.74, 6) is 0.349. The summed E-state index contributed by atoms with van der Waals surface area (Å²) in [6.45, 7) is 5.63. The van der Waals surface area contributed by atoms with Gasteiger partial charge in [0.05, 0.1) is 0 Å². The van der Waals surface area contributed by atoms with Crippen LogP contribution in [0.1, 0.15) is 38.5 Å². The van der Waals surface area contributed by atoms with E-state index in [4.69, 9.17) is 0 Å². The van der Waals surface area contributed by atoms with Gasteiger partial charge in [-0.05, 0) is 32.1 Å². The van der Waals surface area contributed by atoms with Gasteiger partial charge < -0.3 is 4.90 Å². The minimum Gasteiger partial charge on any atom is -0.343 e. The average Bonchev–Trinajstić information content (AvgIpc) is 2.65. The minimum atomic E-state index is 0.349. The predicted octanol–water partition coefficient (Wildman–Crippen LogP) is 2.36. The predicted molar refractivity (Wildman–Crippen MR) is 54.5 cm³/mol. The normalized spacial score (nSPS) is 16.2. The van der Waals surface area contributed by atoms with Crippen LogP contribution in [-0.4, -0.2) is 23.9 Å². The fourth-order valence-electron chi connectivity index (χ4n) is 1.69. The topological polar surface area (TPSA) is 20.3 Å². The summed E-state index contributed by atoms with van der Waals surface area (Å²) in [6, 6.07) is 0. The van der Waals surface area contributed by atoms with Crippen molar-refractivity contribution in [3.8, 4) is 0 Å². The average molecular weight is 181 g/mol. The summed E-state index contributed by atoms with van der Waals surface area (Å²) in [5, 5.41) is 0. The van der Waals surface area contributed by atoms with Gasteiger partial charge in [0.15, 0.2) is 0 Å². The van der Waals surface area contributed by atoms with E-state index in [1.165, 1.54) is 12.8 Å². The second-order valence-electron chi connectivity index (χ2n) is 3.62. The van der Waals surface area contributed by atoms with E-state index in [0.29, 0.717) is 5.91 Å². The van der Waals surface area contributed by atoms with E-state index in [1.807, 2.05) is 11.0 Å². The third-order valence-corrected chi connectivity index (χ3v) is 2.51. The van der Waals surface area contributed by atoms with E-state index in [2.05, 4.69) is 6.58 Å². The first kappa shape index (κ1) is 10.3. The number of rotatable bonds is 5. The molecule has 0 radical (unpaired) electrons. The lowest BCUT2D eigenvalue weighted by Crippen LogP contribution is -2.27. The van der Waals surface area contributed by atoms with Crippen LogP contribution in [0.25, 0.3) is 0 Å². The molecule has 0 saturated carbocycles. The first-order valence-electron chi connectivity index (χ1n) is 5.23. The lowest BCUT2D eigenvalue weighted by Gasteiger charge is -2.14. The highest BCUT2D eigenvalue weighted by atomic mass is 16.2. The van der Waals surface area contributed by atoms with Gasteiger partial charge >= 0.3 is 0 Å². The lowest BCUT2D eigenvalue weighted by atomic mass is 10.2. The van der Waals surface area contributed by atoms with Crippen LogP contribution in [0.4, 0.5) is 0 Å². The number of hydrogen-bond acceptors (Lipinski definition) is 1. The van der Waals surface area contributed by atoms with E-state index >= 15 is 0 Å². The molecule has 0 aromatic rings. The summed E-state index contributed by atoms with van der Waals surface area (Å²) < 4.78 is 0. The molecule has 0 aromatic carbocycles. The van der Waals surface area contributed by atoms with Crippen LogP contribution in [0, 0.1) is 0 Å². The fourth-order valence-corrected chi connectivity index (χ4v) is 1.69. The largest absolute Gasteiger partial charge is 0.343 e. The highest BCUT2D eigenvalue weighted by Crippen LogP contribution is 2.11. The molecule has 1 saturated heterocycles. The molecule has 0 unspecified atom stereocenters. The number of carbonyl (C=O) groups is 1. The SMILES string of the molecule is C=CCCCCC(=O)N1CCCC1. The molecule has 13 heavy (non-hydrogen) atoms. The molecule has 0 aromatic heterocycles. The molecule has 1 aliphatic rings. The van der Waals surface area contributed by atoms with E-state index in [-0.39, 0.29) is 0 Å². The first-order chi connectivity index (χ1) is 6.34. The Morgan fingerprint density at radius 1 is 1.31 bits per heavy atom. The van der Waals surface area contributed by atoms with Crippen LogP contribution in [0.5, 0.6) is 0 Å². The van der Waals surface area contributed by atoms with Crippen molar-refractivity contribution in [3.63, 3.8) is 0 Å². The maximum atomic E-state index is 11.5. The Morgan fingerprint density at radius 2 is 2.00 bits per heavy atom. The van der Waals surface area contributed by atoms with Crippen LogP contribution in [0.3, 0.4) is 0 Å². The van der Waals surface area contributed by atoms with Gasteiger partial charge in [-0.1, -0.05) is 6.08 Å². The molecule has 0 spiro atoms. The molecule has 1 amide bonds. The maximum absolute atomic E-state index is 11.5. The molecule has 1 aliphatic heterocycles. The third-order valence-electron chi connectivity index (χ3n) is 2.51. The van der Waals surface area contributed by atoms with Crippen LogP contribution in [-0.2, 0) is 4.79 Å². The minimum absolute atomic E-state index is 0.349. The third kappa shape index (κ3) is 3.62. The van der Waals surface area contributed by atoms with Gasteiger partial charge in [0.1, 0.15) is 0 Å². The van der Waals surface area contributed by atoms with Crippen molar-refractivity contribution in [2.24, 2.45) is 0 Å². The van der Waals surface area contributed by atoms with Gasteiger partial charge in [-0.3, -0.25) is 4.79 Å². The Hall–Kier alpha value is -0.790. The van der Waals surface area contributed by atoms with Gasteiger partial charge in [0, 0.05) is 19.5 Å². The molecule has 1 heterocycles. The van der Waals surface area contributed by atoms with E-state index in [9.17, 15) is 4.79 Å². The molecule has 1 fully saturated rings. The summed E-state index contributed by atoms with van der Waals surface area (Å²) >= 11 is 0. The molecular formula is C11H19NO. The summed E-state index contributed by atoms with van der Waals surface area (Å²) in [6.07, 6.45) is 8.18. The number of amides is 1. The van der Waals surface area contributed by atoms with Crippen LogP contribution in [0.15, 0.2) is 12.7 Å². The molecule has 0 bridgehead atoms. The molecule has 1 rings (SSSR count). The van der Waals surface area contributed by atoms with Gasteiger partial charge in [-0.25, -0.2) is 0 Å². The van der Waals surface area contributed by atoms with Crippen molar-refractivity contribution >= 4 is 5.91 Å². The Morgan fingerprint density at radius 3 is 2.62 bits per heavy atom. The molecular weight excluding hydrogens is 162 g/mol. The Balaban J connectivity index is 2.06. The molecule has 2 heteroatoms. The number of allylic oxidation sites excluding steroid dienone is 1. The number of unbranched alkanes of at least 4 members (excludes halogenated alkanes) is 2. The second kappa shape index (κ2) is 5.79. The van der Waals surface area contributed by atoms with E-state index in [0.717, 1.165) is 38.8 Å². The Bertz CT molecular complexity index is 171. The highest BCUT2D eigenvalue weighted by molar-refractivity contribution is 5.76. The van der Waals surface area contributed by atoms with Crippen molar-refractivity contribution in [1.29, 1.82) is 0 Å². The number of nitrogens with zero attached hydrogens (tertiary/aromatic N) is 1. The summed E-state index contributed by atoms with van der Waals surface area (Å²) in [7, 11) is 0. The van der Waals surface area contributed by atoms with Crippen LogP contribution >= 0.6 is 0 Å². The standard InChI is InChI=1S/C11H19NO/c1-2-3-4-5-8-11(13)12-9-6-7-10-12/h2H,1,3-10H2. The van der Waals surface area contributed by atoms with E-state index < -0.39 is 0 Å². The van der Waals surface area contributed by atoms with Crippen LogP contribution < -0.4 is 0 Å². The number of likely N-dealkylation sites (tertiary alicyclic amines) is 1. The van der Waals surface area contributed by atoms with Crippen LogP contribution in [0.2, 0.25) is 0 Å². The molecule has 0 aliphatic carbocycles. The summed E-state index contributed by atoms with van der Waals surface area (Å²) in [5.41, 5.74) is 0. The van der Waals surface area contributed by atoms with Crippen molar-refractivity contribution in [2.45, 2.75) is 38.5 Å². The van der Waals surface area contributed by atoms with Gasteiger partial charge in [-0.15, -0.1) is 6.58 Å². The molecule has 0 atom stereocenters. The second-order valence-corrected chi connectivity index (χ2v) is 3.62. The molecule has 2 nitrogen and oxygen atoms in total. The zero-order valence-electron chi connectivity index (χ0n) is 8.30. The van der Waals surface area contributed by atoms with Crippen molar-refractivity contribution in [1.82, 2.24) is 4.90 Å². The maximum Gasteiger partial charge on any atom is 0.222 e. The van der Waals surface area contributed by atoms with Gasteiger partial charge in [0.2, 0.25) is 5.91 Å². The smallest absolute Gasteiger partial charge is 0.222 e. The van der Waals surface area contributed by atoms with Crippen molar-refractivity contribution < 1.29 is 4.79 Å². The molecule has 74 valence electrons. The monoisotopic (exact) mass is 181 g/mol. The summed E-state index contributed by atoms with van der Waals surface area (Å²) in [4.78, 5) is 13.5. The molecule has 0 N–H and O–H groups in total. The number of carbonyl (C=O) groups excluding carboxylic acids is 1. The van der Waals surface area contributed by atoms with Crippen molar-refractivity contribution in [2.75, 3.05) is 13.1 Å². The van der Waals surface area contributed by atoms with Gasteiger partial charge in [0.25, 0.3) is 0 Å². The quantitative estimate of drug-likeness (QED) is 0.471. The zero-order chi connectivity index (χ0) is 9.52. The highest BCUT2D eigenvalue weighted by Gasteiger charge is 2.16. The van der Waals surface area contributed by atoms with E-state index in [1.54, 1.807) is 0 Å². The number of hydrogen-bond donors (Lipinski definition) is 0. The fraction of sp³-hybridized carbons (Fsp3) is 0.727. The van der Waals surface area contributed by atoms with Crippen molar-refractivity contribution in [3.05, 3.63) is 12.7 Å². The Kier molecular flexibility index (Phi) is 4.58. The lowest BCUT2D eigenvalue weighted by molar-refractivity contribution is -0.130. The Labute approximate surface area is 80.6 Å². The first-order valence-corrected chi connectivity index (χ1v) is 5.23.